The summed E-state index contributed by atoms with van der Waals surface area (Å²) < 4.78 is 26.9. The van der Waals surface area contributed by atoms with Gasteiger partial charge in [-0.15, -0.1) is 0 Å². The summed E-state index contributed by atoms with van der Waals surface area (Å²) in [7, 11) is 0. The fourth-order valence-electron chi connectivity index (χ4n) is 2.61. The zero-order chi connectivity index (χ0) is 18.8. The number of nitro groups is 1. The molecular formula is C18H17F2N3O3. The molecule has 6 nitrogen and oxygen atoms in total. The van der Waals surface area contributed by atoms with Crippen molar-refractivity contribution in [1.29, 1.82) is 0 Å². The minimum Gasteiger partial charge on any atom is -0.373 e. The Morgan fingerprint density at radius 1 is 1.23 bits per heavy atom. The van der Waals surface area contributed by atoms with E-state index in [1.165, 1.54) is 24.3 Å². The van der Waals surface area contributed by atoms with E-state index in [1.54, 1.807) is 6.92 Å². The fourth-order valence-corrected chi connectivity index (χ4v) is 2.61. The molecule has 2 aromatic carbocycles. The Morgan fingerprint density at radius 3 is 2.58 bits per heavy atom. The van der Waals surface area contributed by atoms with Crippen LogP contribution in [0.2, 0.25) is 0 Å². The normalized spacial score (nSPS) is 14.6. The third kappa shape index (κ3) is 3.96. The summed E-state index contributed by atoms with van der Waals surface area (Å²) in [4.78, 5) is 22.8. The van der Waals surface area contributed by atoms with Crippen molar-refractivity contribution in [2.24, 2.45) is 0 Å². The molecule has 0 spiro atoms. The summed E-state index contributed by atoms with van der Waals surface area (Å²) >= 11 is 0. The van der Waals surface area contributed by atoms with Gasteiger partial charge in [0.2, 0.25) is 0 Å². The third-order valence-electron chi connectivity index (χ3n) is 4.17. The second kappa shape index (κ2) is 7.07. The molecule has 0 aliphatic heterocycles. The molecule has 0 unspecified atom stereocenters. The van der Waals surface area contributed by atoms with Crippen LogP contribution in [0, 0.1) is 21.7 Å². The summed E-state index contributed by atoms with van der Waals surface area (Å²) in [5, 5.41) is 17.0. The molecule has 136 valence electrons. The Kier molecular flexibility index (Phi) is 4.83. The van der Waals surface area contributed by atoms with Crippen molar-refractivity contribution in [2.45, 2.75) is 31.8 Å². The lowest BCUT2D eigenvalue weighted by molar-refractivity contribution is -0.384. The molecule has 0 saturated heterocycles. The number of rotatable bonds is 6. The molecule has 0 bridgehead atoms. The maximum atomic E-state index is 13.9. The zero-order valence-corrected chi connectivity index (χ0v) is 14.0. The van der Waals surface area contributed by atoms with Crippen LogP contribution in [0.15, 0.2) is 36.4 Å². The van der Waals surface area contributed by atoms with Crippen molar-refractivity contribution in [2.75, 3.05) is 5.32 Å². The first kappa shape index (κ1) is 17.8. The summed E-state index contributed by atoms with van der Waals surface area (Å²) in [5.41, 5.74) is 0.225. The Hall–Kier alpha value is -3.03. The van der Waals surface area contributed by atoms with E-state index in [0.717, 1.165) is 25.0 Å². The van der Waals surface area contributed by atoms with Crippen molar-refractivity contribution < 1.29 is 18.5 Å². The molecule has 0 radical (unpaired) electrons. The molecule has 1 aliphatic carbocycles. The average Bonchev–Trinajstić information content (AvgIpc) is 3.38. The quantitative estimate of drug-likeness (QED) is 0.603. The molecule has 1 amide bonds. The number of nitrogens with one attached hydrogen (secondary N) is 2. The van der Waals surface area contributed by atoms with Crippen LogP contribution in [0.3, 0.4) is 0 Å². The van der Waals surface area contributed by atoms with E-state index in [-0.39, 0.29) is 34.5 Å². The molecule has 1 saturated carbocycles. The van der Waals surface area contributed by atoms with Gasteiger partial charge in [0, 0.05) is 29.3 Å². The number of amides is 1. The first-order chi connectivity index (χ1) is 12.3. The van der Waals surface area contributed by atoms with Gasteiger partial charge < -0.3 is 10.6 Å². The van der Waals surface area contributed by atoms with Crippen LogP contribution in [-0.4, -0.2) is 16.9 Å². The monoisotopic (exact) mass is 361 g/mol. The highest BCUT2D eigenvalue weighted by atomic mass is 19.1. The van der Waals surface area contributed by atoms with Gasteiger partial charge >= 0.3 is 0 Å². The second-order valence-corrected chi connectivity index (χ2v) is 6.27. The summed E-state index contributed by atoms with van der Waals surface area (Å²) in [6.45, 7) is 1.60. The number of hydrogen-bond acceptors (Lipinski definition) is 4. The summed E-state index contributed by atoms with van der Waals surface area (Å²) in [5.74, 6) is -1.80. The van der Waals surface area contributed by atoms with Gasteiger partial charge in [-0.25, -0.2) is 8.78 Å². The van der Waals surface area contributed by atoms with E-state index in [0.29, 0.717) is 0 Å². The summed E-state index contributed by atoms with van der Waals surface area (Å²) in [6.07, 6.45) is 1.82. The van der Waals surface area contributed by atoms with Gasteiger partial charge in [-0.1, -0.05) is 6.07 Å². The smallest absolute Gasteiger partial charge is 0.293 e. The molecule has 0 heterocycles. The van der Waals surface area contributed by atoms with E-state index in [4.69, 9.17) is 0 Å². The summed E-state index contributed by atoms with van der Waals surface area (Å²) in [6, 6.07) is 6.74. The zero-order valence-electron chi connectivity index (χ0n) is 14.0. The highest BCUT2D eigenvalue weighted by Gasteiger charge is 2.25. The van der Waals surface area contributed by atoms with Gasteiger partial charge in [0.15, 0.2) is 0 Å². The van der Waals surface area contributed by atoms with Crippen LogP contribution >= 0.6 is 0 Å². The Balaban J connectivity index is 1.84. The van der Waals surface area contributed by atoms with Crippen LogP contribution in [-0.2, 0) is 0 Å². The lowest BCUT2D eigenvalue weighted by atomic mass is 10.1. The van der Waals surface area contributed by atoms with E-state index in [1.807, 2.05) is 0 Å². The maximum Gasteiger partial charge on any atom is 0.293 e. The highest BCUT2D eigenvalue weighted by molar-refractivity contribution is 5.96. The number of hydrogen-bond donors (Lipinski definition) is 2. The van der Waals surface area contributed by atoms with Crippen LogP contribution in [0.25, 0.3) is 0 Å². The molecule has 8 heteroatoms. The molecule has 1 atom stereocenters. The number of carbonyl (C=O) groups excluding carboxylic acids is 1. The minimum absolute atomic E-state index is 0.140. The van der Waals surface area contributed by atoms with Crippen molar-refractivity contribution in [1.82, 2.24) is 5.32 Å². The van der Waals surface area contributed by atoms with Crippen molar-refractivity contribution in [3.05, 3.63) is 69.3 Å². The van der Waals surface area contributed by atoms with Gasteiger partial charge in [-0.05, 0) is 38.0 Å². The van der Waals surface area contributed by atoms with Crippen molar-refractivity contribution in [3.8, 4) is 0 Å². The molecule has 26 heavy (non-hydrogen) atoms. The third-order valence-corrected chi connectivity index (χ3v) is 4.17. The Bertz CT molecular complexity index is 869. The number of benzene rings is 2. The molecule has 3 rings (SSSR count). The molecule has 2 N–H and O–H groups in total. The van der Waals surface area contributed by atoms with E-state index in [9.17, 15) is 23.7 Å². The Labute approximate surface area is 148 Å². The highest BCUT2D eigenvalue weighted by Crippen LogP contribution is 2.30. The van der Waals surface area contributed by atoms with E-state index in [2.05, 4.69) is 10.6 Å². The lowest BCUT2D eigenvalue weighted by Crippen LogP contribution is -2.25. The van der Waals surface area contributed by atoms with Crippen molar-refractivity contribution >= 4 is 17.3 Å². The van der Waals surface area contributed by atoms with Crippen LogP contribution in [0.1, 0.15) is 41.7 Å². The van der Waals surface area contributed by atoms with E-state index < -0.39 is 22.6 Å². The van der Waals surface area contributed by atoms with Gasteiger partial charge in [0.25, 0.3) is 11.6 Å². The number of carbonyl (C=O) groups is 1. The van der Waals surface area contributed by atoms with Crippen LogP contribution in [0.5, 0.6) is 0 Å². The molecule has 2 aromatic rings. The number of halogens is 2. The first-order valence-electron chi connectivity index (χ1n) is 8.16. The number of nitrogens with zero attached hydrogens (tertiary/aromatic N) is 1. The maximum absolute atomic E-state index is 13.9. The molecule has 0 aromatic heterocycles. The van der Waals surface area contributed by atoms with E-state index >= 15 is 0 Å². The SMILES string of the molecule is C[C@@H](Nc1ccc(C(=O)NC2CC2)cc1[N+](=O)[O-])c1ccc(F)cc1F. The van der Waals surface area contributed by atoms with Crippen molar-refractivity contribution in [3.63, 3.8) is 0 Å². The molecular weight excluding hydrogens is 344 g/mol. The van der Waals surface area contributed by atoms with Gasteiger partial charge in [0.1, 0.15) is 17.3 Å². The molecule has 1 aliphatic rings. The van der Waals surface area contributed by atoms with Gasteiger partial charge in [-0.2, -0.15) is 0 Å². The lowest BCUT2D eigenvalue weighted by Gasteiger charge is -2.17. The topological polar surface area (TPSA) is 84.3 Å². The van der Waals surface area contributed by atoms with Gasteiger partial charge in [-0.3, -0.25) is 14.9 Å². The standard InChI is InChI=1S/C18H17F2N3O3/c1-10(14-6-3-12(19)9-15(14)20)21-16-7-2-11(8-17(16)23(25)26)18(24)22-13-4-5-13/h2-3,6-10,13,21H,4-5H2,1H3,(H,22,24)/t10-/m1/s1. The average molecular weight is 361 g/mol. The predicted molar refractivity (Wildman–Crippen MR) is 92.0 cm³/mol. The van der Waals surface area contributed by atoms with Crippen LogP contribution < -0.4 is 10.6 Å². The largest absolute Gasteiger partial charge is 0.373 e. The number of nitro benzene ring substituents is 1. The number of anilines is 1. The minimum atomic E-state index is -0.743. The van der Waals surface area contributed by atoms with Gasteiger partial charge in [0.05, 0.1) is 11.0 Å². The Morgan fingerprint density at radius 2 is 1.96 bits per heavy atom. The van der Waals surface area contributed by atoms with Crippen LogP contribution in [0.4, 0.5) is 20.2 Å². The first-order valence-corrected chi connectivity index (χ1v) is 8.16. The predicted octanol–water partition coefficient (Wildman–Crippen LogP) is 3.94. The molecule has 1 fully saturated rings. The fraction of sp³-hybridized carbons (Fsp3) is 0.278. The second-order valence-electron chi connectivity index (χ2n) is 6.27.